The lowest BCUT2D eigenvalue weighted by Gasteiger charge is -2.36. The first-order chi connectivity index (χ1) is 6.65. The van der Waals surface area contributed by atoms with Crippen molar-refractivity contribution in [2.45, 2.75) is 4.87 Å². The van der Waals surface area contributed by atoms with E-state index in [0.29, 0.717) is 24.5 Å². The van der Waals surface area contributed by atoms with Crippen LogP contribution in [0.15, 0.2) is 18.2 Å². The van der Waals surface area contributed by atoms with E-state index < -0.39 is 4.87 Å². The molecule has 0 saturated carbocycles. The summed E-state index contributed by atoms with van der Waals surface area (Å²) in [4.78, 5) is -0.618. The highest BCUT2D eigenvalue weighted by Gasteiger charge is 2.40. The lowest BCUT2D eigenvalue weighted by atomic mass is 9.95. The third-order valence-corrected chi connectivity index (χ3v) is 2.73. The summed E-state index contributed by atoms with van der Waals surface area (Å²) < 4.78 is 23.2. The Morgan fingerprint density at radius 3 is 2.71 bits per heavy atom. The van der Waals surface area contributed by atoms with E-state index in [1.165, 1.54) is 19.2 Å². The lowest BCUT2D eigenvalue weighted by molar-refractivity contribution is -0.0162. The third-order valence-electron chi connectivity index (χ3n) is 2.31. The minimum Gasteiger partial charge on any atom is -0.496 e. The number of alkyl halides is 1. The Hall–Kier alpha value is -0.800. The van der Waals surface area contributed by atoms with Gasteiger partial charge in [0.15, 0.2) is 0 Å². The molecule has 1 aromatic carbocycles. The van der Waals surface area contributed by atoms with Gasteiger partial charge in [-0.3, -0.25) is 0 Å². The second-order valence-corrected chi connectivity index (χ2v) is 4.03. The highest BCUT2D eigenvalue weighted by molar-refractivity contribution is 6.25. The average Bonchev–Trinajstić information content (AvgIpc) is 2.14. The summed E-state index contributed by atoms with van der Waals surface area (Å²) in [7, 11) is 1.54. The van der Waals surface area contributed by atoms with E-state index in [9.17, 15) is 4.39 Å². The Morgan fingerprint density at radius 1 is 1.50 bits per heavy atom. The van der Waals surface area contributed by atoms with Gasteiger partial charge >= 0.3 is 0 Å². The van der Waals surface area contributed by atoms with Gasteiger partial charge < -0.3 is 9.47 Å². The van der Waals surface area contributed by atoms with Crippen molar-refractivity contribution in [3.8, 4) is 5.75 Å². The topological polar surface area (TPSA) is 18.5 Å². The summed E-state index contributed by atoms with van der Waals surface area (Å²) in [6.07, 6.45) is 0. The van der Waals surface area contributed by atoms with Gasteiger partial charge in [-0.05, 0) is 18.2 Å². The van der Waals surface area contributed by atoms with Gasteiger partial charge in [-0.15, -0.1) is 11.6 Å². The zero-order valence-electron chi connectivity index (χ0n) is 7.72. The first-order valence-electron chi connectivity index (χ1n) is 4.26. The highest BCUT2D eigenvalue weighted by atomic mass is 35.5. The van der Waals surface area contributed by atoms with Crippen molar-refractivity contribution in [2.24, 2.45) is 0 Å². The standard InChI is InChI=1S/C10H10ClFO2/c1-13-9-3-2-7(12)4-8(9)10(11)5-14-6-10/h2-4H,5-6H2,1H3. The van der Waals surface area contributed by atoms with Crippen LogP contribution < -0.4 is 4.74 Å². The van der Waals surface area contributed by atoms with E-state index in [1.54, 1.807) is 6.07 Å². The fraction of sp³-hybridized carbons (Fsp3) is 0.400. The second kappa shape index (κ2) is 3.41. The maximum Gasteiger partial charge on any atom is 0.124 e. The minimum atomic E-state index is -0.618. The van der Waals surface area contributed by atoms with Crippen molar-refractivity contribution in [3.05, 3.63) is 29.6 Å². The summed E-state index contributed by atoms with van der Waals surface area (Å²) in [5.74, 6) is 0.289. The average molecular weight is 217 g/mol. The van der Waals surface area contributed by atoms with Gasteiger partial charge in [0, 0.05) is 5.56 Å². The van der Waals surface area contributed by atoms with Gasteiger partial charge in [-0.25, -0.2) is 4.39 Å². The molecule has 0 N–H and O–H groups in total. The van der Waals surface area contributed by atoms with Crippen LogP contribution in [0.5, 0.6) is 5.75 Å². The molecule has 1 aliphatic heterocycles. The number of hydrogen-bond donors (Lipinski definition) is 0. The Labute approximate surface area is 86.6 Å². The number of benzene rings is 1. The van der Waals surface area contributed by atoms with Crippen LogP contribution in [0.3, 0.4) is 0 Å². The van der Waals surface area contributed by atoms with Crippen LogP contribution in [-0.4, -0.2) is 20.3 Å². The zero-order chi connectivity index (χ0) is 10.2. The molecule has 0 aliphatic carbocycles. The molecule has 0 aromatic heterocycles. The lowest BCUT2D eigenvalue weighted by Crippen LogP contribution is -2.41. The van der Waals surface area contributed by atoms with Gasteiger partial charge in [0.25, 0.3) is 0 Å². The van der Waals surface area contributed by atoms with Crippen molar-refractivity contribution >= 4 is 11.6 Å². The molecular formula is C10H10ClFO2. The minimum absolute atomic E-state index is 0.312. The van der Waals surface area contributed by atoms with Crippen LogP contribution in [0, 0.1) is 5.82 Å². The Bertz CT molecular complexity index is 350. The third kappa shape index (κ3) is 1.47. The van der Waals surface area contributed by atoms with E-state index in [1.807, 2.05) is 0 Å². The maximum absolute atomic E-state index is 13.0. The van der Waals surface area contributed by atoms with Gasteiger partial charge in [0.1, 0.15) is 16.4 Å². The van der Waals surface area contributed by atoms with E-state index in [4.69, 9.17) is 21.1 Å². The predicted octanol–water partition coefficient (Wildman–Crippen LogP) is 2.30. The molecule has 76 valence electrons. The summed E-state index contributed by atoms with van der Waals surface area (Å²) >= 11 is 6.22. The number of ether oxygens (including phenoxy) is 2. The van der Waals surface area contributed by atoms with Crippen molar-refractivity contribution in [1.82, 2.24) is 0 Å². The molecular weight excluding hydrogens is 207 g/mol. The first-order valence-corrected chi connectivity index (χ1v) is 4.64. The quantitative estimate of drug-likeness (QED) is 0.707. The largest absolute Gasteiger partial charge is 0.496 e. The Morgan fingerprint density at radius 2 is 2.21 bits per heavy atom. The van der Waals surface area contributed by atoms with Crippen LogP contribution in [0.4, 0.5) is 4.39 Å². The molecule has 2 rings (SSSR count). The molecule has 4 heteroatoms. The zero-order valence-corrected chi connectivity index (χ0v) is 8.47. The SMILES string of the molecule is COc1ccc(F)cc1C1(Cl)COC1. The van der Waals surface area contributed by atoms with Crippen LogP contribution >= 0.6 is 11.6 Å². The van der Waals surface area contributed by atoms with E-state index >= 15 is 0 Å². The normalized spacial score (nSPS) is 18.8. The molecule has 1 fully saturated rings. The molecule has 0 radical (unpaired) electrons. The van der Waals surface area contributed by atoms with Crippen LogP contribution in [0.25, 0.3) is 0 Å². The van der Waals surface area contributed by atoms with Crippen LogP contribution in [0.2, 0.25) is 0 Å². The van der Waals surface area contributed by atoms with Crippen LogP contribution in [0.1, 0.15) is 5.56 Å². The molecule has 0 unspecified atom stereocenters. The van der Waals surface area contributed by atoms with Crippen LogP contribution in [-0.2, 0) is 9.61 Å². The fourth-order valence-electron chi connectivity index (χ4n) is 1.47. The molecule has 2 nitrogen and oxygen atoms in total. The molecule has 1 aliphatic rings. The summed E-state index contributed by atoms with van der Waals surface area (Å²) in [6.45, 7) is 0.794. The van der Waals surface area contributed by atoms with Crippen molar-refractivity contribution in [2.75, 3.05) is 20.3 Å². The molecule has 1 heterocycles. The fourth-order valence-corrected chi connectivity index (χ4v) is 1.77. The highest BCUT2D eigenvalue weighted by Crippen LogP contribution is 2.41. The summed E-state index contributed by atoms with van der Waals surface area (Å²) in [5.41, 5.74) is 0.660. The molecule has 0 bridgehead atoms. The number of hydrogen-bond acceptors (Lipinski definition) is 2. The number of halogens is 2. The molecule has 1 saturated heterocycles. The number of rotatable bonds is 2. The van der Waals surface area contributed by atoms with Crippen molar-refractivity contribution in [1.29, 1.82) is 0 Å². The molecule has 0 amide bonds. The van der Waals surface area contributed by atoms with Gasteiger partial charge in [-0.1, -0.05) is 0 Å². The summed E-state index contributed by atoms with van der Waals surface area (Å²) in [6, 6.07) is 4.32. The maximum atomic E-state index is 13.0. The monoisotopic (exact) mass is 216 g/mol. The van der Waals surface area contributed by atoms with Crippen molar-refractivity contribution in [3.63, 3.8) is 0 Å². The molecule has 14 heavy (non-hydrogen) atoms. The second-order valence-electron chi connectivity index (χ2n) is 3.30. The molecule has 0 atom stereocenters. The predicted molar refractivity (Wildman–Crippen MR) is 51.3 cm³/mol. The smallest absolute Gasteiger partial charge is 0.124 e. The first kappa shape index (κ1) is 9.74. The van der Waals surface area contributed by atoms with Crippen molar-refractivity contribution < 1.29 is 13.9 Å². The van der Waals surface area contributed by atoms with Gasteiger partial charge in [0.05, 0.1) is 20.3 Å². The molecule has 0 spiro atoms. The molecule has 1 aromatic rings. The Kier molecular flexibility index (Phi) is 2.37. The summed E-state index contributed by atoms with van der Waals surface area (Å²) in [5, 5.41) is 0. The van der Waals surface area contributed by atoms with Gasteiger partial charge in [0.2, 0.25) is 0 Å². The van der Waals surface area contributed by atoms with E-state index in [-0.39, 0.29) is 5.82 Å². The Balaban J connectivity index is 2.43. The van der Waals surface area contributed by atoms with E-state index in [2.05, 4.69) is 0 Å². The van der Waals surface area contributed by atoms with Gasteiger partial charge in [-0.2, -0.15) is 0 Å². The number of methoxy groups -OCH3 is 1. The van der Waals surface area contributed by atoms with E-state index in [0.717, 1.165) is 0 Å².